The number of benzene rings is 2. The van der Waals surface area contributed by atoms with Crippen LogP contribution in [0.1, 0.15) is 23.7 Å². The quantitative estimate of drug-likeness (QED) is 0.881. The van der Waals surface area contributed by atoms with Crippen molar-refractivity contribution in [1.29, 1.82) is 0 Å². The molecule has 0 aliphatic carbocycles. The average Bonchev–Trinajstić information content (AvgIpc) is 2.55. The van der Waals surface area contributed by atoms with Crippen molar-refractivity contribution in [3.8, 4) is 5.75 Å². The molecule has 0 saturated carbocycles. The van der Waals surface area contributed by atoms with E-state index in [1.165, 1.54) is 12.1 Å². The van der Waals surface area contributed by atoms with Gasteiger partial charge in [-0.1, -0.05) is 19.1 Å². The lowest BCUT2D eigenvalue weighted by Gasteiger charge is -2.11. The van der Waals surface area contributed by atoms with E-state index in [-0.39, 0.29) is 16.2 Å². The summed E-state index contributed by atoms with van der Waals surface area (Å²) in [4.78, 5) is 12.5. The number of carbonyl (C=O) groups is 1. The number of rotatable bonds is 6. The van der Waals surface area contributed by atoms with E-state index in [9.17, 15) is 13.2 Å². The number of nitrogens with one attached hydrogen (secondary N) is 1. The Balaban J connectivity index is 2.29. The highest BCUT2D eigenvalue weighted by Crippen LogP contribution is 2.20. The molecule has 0 radical (unpaired) electrons. The number of carbonyl (C=O) groups excluding carboxylic acids is 1. The molecule has 0 unspecified atom stereocenters. The summed E-state index contributed by atoms with van der Waals surface area (Å²) < 4.78 is 29.7. The van der Waals surface area contributed by atoms with Gasteiger partial charge >= 0.3 is 0 Å². The third-order valence-corrected chi connectivity index (χ3v) is 5.26. The van der Waals surface area contributed by atoms with Crippen molar-refractivity contribution in [2.75, 3.05) is 18.2 Å². The molecule has 0 aromatic heterocycles. The van der Waals surface area contributed by atoms with Gasteiger partial charge in [-0.25, -0.2) is 8.42 Å². The first-order valence-corrected chi connectivity index (χ1v) is 8.90. The molecule has 0 spiro atoms. The van der Waals surface area contributed by atoms with Crippen LogP contribution in [0.25, 0.3) is 0 Å². The summed E-state index contributed by atoms with van der Waals surface area (Å²) in [5.74, 6) is 0.235. The lowest BCUT2D eigenvalue weighted by Crippen LogP contribution is -2.17. The Morgan fingerprint density at radius 1 is 1.09 bits per heavy atom. The van der Waals surface area contributed by atoms with Crippen molar-refractivity contribution < 1.29 is 17.9 Å². The molecule has 0 bridgehead atoms. The third-order valence-electron chi connectivity index (χ3n) is 3.29. The van der Waals surface area contributed by atoms with E-state index in [1.807, 2.05) is 0 Å². The van der Waals surface area contributed by atoms with Crippen LogP contribution >= 0.6 is 0 Å². The normalized spacial score (nSPS) is 11.0. The lowest BCUT2D eigenvalue weighted by atomic mass is 10.2. The van der Waals surface area contributed by atoms with E-state index in [1.54, 1.807) is 50.4 Å². The Kier molecular flexibility index (Phi) is 5.39. The zero-order valence-electron chi connectivity index (χ0n) is 13.1. The largest absolute Gasteiger partial charge is 0.497 e. The van der Waals surface area contributed by atoms with E-state index >= 15 is 0 Å². The molecule has 1 amide bonds. The number of amides is 1. The predicted octanol–water partition coefficient (Wildman–Crippen LogP) is 3.13. The van der Waals surface area contributed by atoms with Crippen LogP contribution < -0.4 is 10.1 Å². The second-order valence-electron chi connectivity index (χ2n) is 5.00. The number of anilines is 1. The molecule has 2 aromatic rings. The Morgan fingerprint density at radius 2 is 1.74 bits per heavy atom. The highest BCUT2D eigenvalue weighted by molar-refractivity contribution is 7.91. The van der Waals surface area contributed by atoms with Gasteiger partial charge in [0.15, 0.2) is 9.84 Å². The second kappa shape index (κ2) is 7.28. The maximum atomic E-state index is 12.4. The monoisotopic (exact) mass is 333 g/mol. The lowest BCUT2D eigenvalue weighted by molar-refractivity contribution is 0.102. The first-order valence-electron chi connectivity index (χ1n) is 7.25. The molecule has 0 aliphatic heterocycles. The van der Waals surface area contributed by atoms with Crippen LogP contribution in [0.2, 0.25) is 0 Å². The van der Waals surface area contributed by atoms with Crippen LogP contribution in [0, 0.1) is 0 Å². The van der Waals surface area contributed by atoms with Crippen LogP contribution in [0.4, 0.5) is 5.69 Å². The van der Waals surface area contributed by atoms with Crippen molar-refractivity contribution in [3.05, 3.63) is 54.1 Å². The van der Waals surface area contributed by atoms with Crippen molar-refractivity contribution in [2.45, 2.75) is 18.2 Å². The summed E-state index contributed by atoms with van der Waals surface area (Å²) in [7, 11) is -1.91. The minimum Gasteiger partial charge on any atom is -0.497 e. The number of hydrogen-bond acceptors (Lipinski definition) is 4. The molecule has 1 N–H and O–H groups in total. The van der Waals surface area contributed by atoms with Crippen molar-refractivity contribution in [3.63, 3.8) is 0 Å². The molecule has 0 fully saturated rings. The second-order valence-corrected chi connectivity index (χ2v) is 7.08. The highest BCUT2D eigenvalue weighted by atomic mass is 32.2. The summed E-state index contributed by atoms with van der Waals surface area (Å²) >= 11 is 0. The van der Waals surface area contributed by atoms with Crippen LogP contribution in [0.5, 0.6) is 5.75 Å². The predicted molar refractivity (Wildman–Crippen MR) is 89.7 cm³/mol. The fraction of sp³-hybridized carbons (Fsp3) is 0.235. The van der Waals surface area contributed by atoms with Gasteiger partial charge in [0, 0.05) is 5.69 Å². The Hall–Kier alpha value is -2.34. The topological polar surface area (TPSA) is 72.5 Å². The van der Waals surface area contributed by atoms with Gasteiger partial charge in [-0.15, -0.1) is 0 Å². The number of hydrogen-bond donors (Lipinski definition) is 1. The van der Waals surface area contributed by atoms with Gasteiger partial charge in [0.1, 0.15) is 5.75 Å². The van der Waals surface area contributed by atoms with E-state index < -0.39 is 15.7 Å². The molecule has 2 rings (SSSR count). The van der Waals surface area contributed by atoms with Crippen LogP contribution in [0.3, 0.4) is 0 Å². The fourth-order valence-corrected chi connectivity index (χ4v) is 3.72. The molecule has 5 nitrogen and oxygen atoms in total. The molecule has 0 aliphatic rings. The van der Waals surface area contributed by atoms with Gasteiger partial charge in [0.2, 0.25) is 0 Å². The molecule has 23 heavy (non-hydrogen) atoms. The highest BCUT2D eigenvalue weighted by Gasteiger charge is 2.21. The minimum absolute atomic E-state index is 0.0137. The summed E-state index contributed by atoms with van der Waals surface area (Å²) in [6.45, 7) is 1.79. The molecule has 0 atom stereocenters. The first kappa shape index (κ1) is 17.0. The summed E-state index contributed by atoms with van der Waals surface area (Å²) in [5, 5.41) is 2.71. The minimum atomic E-state index is -3.47. The van der Waals surface area contributed by atoms with Gasteiger partial charge in [-0.3, -0.25) is 4.79 Å². The van der Waals surface area contributed by atoms with Gasteiger partial charge in [0.25, 0.3) is 5.91 Å². The molecule has 2 aromatic carbocycles. The Labute approximate surface area is 136 Å². The molecule has 0 saturated heterocycles. The van der Waals surface area contributed by atoms with E-state index in [0.717, 1.165) is 0 Å². The Bertz CT molecular complexity index is 782. The van der Waals surface area contributed by atoms with Crippen LogP contribution in [-0.2, 0) is 9.84 Å². The number of ether oxygens (including phenoxy) is 1. The SMILES string of the molecule is CCCS(=O)(=O)c1ccccc1C(=O)Nc1ccc(OC)cc1. The maximum absolute atomic E-state index is 12.4. The summed E-state index contributed by atoms with van der Waals surface area (Å²) in [6, 6.07) is 13.1. The fourth-order valence-electron chi connectivity index (χ4n) is 2.18. The third kappa shape index (κ3) is 4.10. The van der Waals surface area contributed by atoms with Crippen molar-refractivity contribution in [1.82, 2.24) is 0 Å². The zero-order chi connectivity index (χ0) is 16.9. The van der Waals surface area contributed by atoms with Gasteiger partial charge in [-0.2, -0.15) is 0 Å². The summed E-state index contributed by atoms with van der Waals surface area (Å²) in [5.41, 5.74) is 0.718. The van der Waals surface area contributed by atoms with Crippen LogP contribution in [0.15, 0.2) is 53.4 Å². The van der Waals surface area contributed by atoms with Crippen LogP contribution in [-0.4, -0.2) is 27.2 Å². The average molecular weight is 333 g/mol. The van der Waals surface area contributed by atoms with E-state index in [2.05, 4.69) is 5.32 Å². The molecular formula is C17H19NO4S. The molecule has 6 heteroatoms. The maximum Gasteiger partial charge on any atom is 0.256 e. The van der Waals surface area contributed by atoms with Crippen molar-refractivity contribution in [2.24, 2.45) is 0 Å². The molecule has 0 heterocycles. The molecular weight excluding hydrogens is 314 g/mol. The standard InChI is InChI=1S/C17H19NO4S/c1-3-12-23(20,21)16-7-5-4-6-15(16)17(19)18-13-8-10-14(22-2)11-9-13/h4-11H,3,12H2,1-2H3,(H,18,19). The smallest absolute Gasteiger partial charge is 0.256 e. The zero-order valence-corrected chi connectivity index (χ0v) is 13.9. The van der Waals surface area contributed by atoms with E-state index in [4.69, 9.17) is 4.74 Å². The Morgan fingerprint density at radius 3 is 2.35 bits per heavy atom. The van der Waals surface area contributed by atoms with Crippen molar-refractivity contribution >= 4 is 21.4 Å². The van der Waals surface area contributed by atoms with Gasteiger partial charge in [0.05, 0.1) is 23.3 Å². The number of methoxy groups -OCH3 is 1. The van der Waals surface area contributed by atoms with Gasteiger partial charge < -0.3 is 10.1 Å². The van der Waals surface area contributed by atoms with E-state index in [0.29, 0.717) is 17.9 Å². The molecule has 122 valence electrons. The first-order chi connectivity index (χ1) is 11.0. The van der Waals surface area contributed by atoms with Gasteiger partial charge in [-0.05, 0) is 42.8 Å². The summed E-state index contributed by atoms with van der Waals surface area (Å²) in [6.07, 6.45) is 0.497. The number of sulfone groups is 1.